The van der Waals surface area contributed by atoms with Crippen LogP contribution in [0.2, 0.25) is 0 Å². The van der Waals surface area contributed by atoms with Crippen molar-refractivity contribution < 1.29 is 4.74 Å². The molecule has 0 atom stereocenters. The van der Waals surface area contributed by atoms with Gasteiger partial charge in [0.1, 0.15) is 12.0 Å². The first-order valence-electron chi connectivity index (χ1n) is 4.27. The zero-order valence-corrected chi connectivity index (χ0v) is 8.66. The largest absolute Gasteiger partial charge is 0.493 e. The van der Waals surface area contributed by atoms with Gasteiger partial charge >= 0.3 is 0 Å². The van der Waals surface area contributed by atoms with Crippen LogP contribution in [0.15, 0.2) is 12.9 Å². The van der Waals surface area contributed by atoms with Crippen molar-refractivity contribution in [2.24, 2.45) is 0 Å². The van der Waals surface area contributed by atoms with Crippen LogP contribution in [0.25, 0.3) is 6.08 Å². The van der Waals surface area contributed by atoms with Crippen LogP contribution in [-0.4, -0.2) is 17.1 Å². The van der Waals surface area contributed by atoms with E-state index in [1.165, 1.54) is 6.33 Å². The Morgan fingerprint density at radius 2 is 2.00 bits per heavy atom. The van der Waals surface area contributed by atoms with E-state index in [2.05, 4.69) is 16.5 Å². The second-order valence-electron chi connectivity index (χ2n) is 2.08. The first-order valence-corrected chi connectivity index (χ1v) is 4.27. The molecule has 0 N–H and O–H groups in total. The highest BCUT2D eigenvalue weighted by Crippen LogP contribution is 2.18. The van der Waals surface area contributed by atoms with Gasteiger partial charge in [0.25, 0.3) is 0 Å². The molecule has 0 radical (unpaired) electrons. The smallest absolute Gasteiger partial charge is 0.165 e. The van der Waals surface area contributed by atoms with E-state index in [1.807, 2.05) is 20.8 Å². The summed E-state index contributed by atoms with van der Waals surface area (Å²) in [5.74, 6) is 0.697. The maximum absolute atomic E-state index is 5.07. The average molecular weight is 180 g/mol. The predicted molar refractivity (Wildman–Crippen MR) is 54.8 cm³/mol. The number of hydrogen-bond acceptors (Lipinski definition) is 3. The summed E-state index contributed by atoms with van der Waals surface area (Å²) in [6.45, 7) is 9.48. The van der Waals surface area contributed by atoms with E-state index < -0.39 is 0 Å². The van der Waals surface area contributed by atoms with Crippen molar-refractivity contribution >= 4 is 6.08 Å². The summed E-state index contributed by atoms with van der Waals surface area (Å²) in [5, 5.41) is 0. The van der Waals surface area contributed by atoms with Crippen LogP contribution in [-0.2, 0) is 0 Å². The van der Waals surface area contributed by atoms with Gasteiger partial charge in [-0.1, -0.05) is 20.4 Å². The van der Waals surface area contributed by atoms with E-state index in [0.717, 1.165) is 11.4 Å². The summed E-state index contributed by atoms with van der Waals surface area (Å²) in [5.41, 5.74) is 1.57. The van der Waals surface area contributed by atoms with Gasteiger partial charge in [-0.05, 0) is 13.0 Å². The van der Waals surface area contributed by atoms with Crippen molar-refractivity contribution in [2.45, 2.75) is 20.8 Å². The van der Waals surface area contributed by atoms with Gasteiger partial charge in [0.2, 0.25) is 0 Å². The normalized spacial score (nSPS) is 8.31. The molecule has 1 rings (SSSR count). The molecule has 0 aliphatic heterocycles. The maximum Gasteiger partial charge on any atom is 0.165 e. The van der Waals surface area contributed by atoms with Gasteiger partial charge in [0.15, 0.2) is 5.75 Å². The van der Waals surface area contributed by atoms with Crippen LogP contribution in [0.1, 0.15) is 25.2 Å². The van der Waals surface area contributed by atoms with Crippen LogP contribution in [0.3, 0.4) is 0 Å². The van der Waals surface area contributed by atoms with E-state index in [4.69, 9.17) is 4.74 Å². The molecule has 3 heteroatoms. The highest BCUT2D eigenvalue weighted by molar-refractivity contribution is 5.51. The van der Waals surface area contributed by atoms with Gasteiger partial charge in [0, 0.05) is 0 Å². The highest BCUT2D eigenvalue weighted by atomic mass is 16.5. The van der Waals surface area contributed by atoms with Gasteiger partial charge in [-0.2, -0.15) is 0 Å². The van der Waals surface area contributed by atoms with E-state index in [9.17, 15) is 0 Å². The first-order chi connectivity index (χ1) is 6.29. The van der Waals surface area contributed by atoms with Gasteiger partial charge < -0.3 is 4.74 Å². The predicted octanol–water partition coefficient (Wildman–Crippen LogP) is 2.46. The van der Waals surface area contributed by atoms with Crippen LogP contribution < -0.4 is 4.74 Å². The Kier molecular flexibility index (Phi) is 5.52. The third-order valence-electron chi connectivity index (χ3n) is 1.41. The van der Waals surface area contributed by atoms with Gasteiger partial charge in [-0.25, -0.2) is 9.97 Å². The van der Waals surface area contributed by atoms with Crippen molar-refractivity contribution in [3.05, 3.63) is 24.3 Å². The molecule has 1 aromatic heterocycles. The highest BCUT2D eigenvalue weighted by Gasteiger charge is 2.03. The minimum atomic E-state index is 0.697. The number of rotatable bonds is 2. The monoisotopic (exact) mass is 180 g/mol. The van der Waals surface area contributed by atoms with Crippen molar-refractivity contribution in [1.29, 1.82) is 0 Å². The summed E-state index contributed by atoms with van der Waals surface area (Å²) in [6, 6.07) is 0. The molecular weight excluding hydrogens is 164 g/mol. The van der Waals surface area contributed by atoms with Gasteiger partial charge in [-0.3, -0.25) is 0 Å². The number of methoxy groups -OCH3 is 1. The molecule has 0 unspecified atom stereocenters. The molecule has 3 nitrogen and oxygen atoms in total. The number of nitrogens with zero attached hydrogens (tertiary/aromatic N) is 2. The third-order valence-corrected chi connectivity index (χ3v) is 1.41. The summed E-state index contributed by atoms with van der Waals surface area (Å²) in [4.78, 5) is 7.95. The Bertz CT molecular complexity index is 272. The Labute approximate surface area is 79.5 Å². The summed E-state index contributed by atoms with van der Waals surface area (Å²) in [7, 11) is 1.60. The Morgan fingerprint density at radius 3 is 2.38 bits per heavy atom. The zero-order chi connectivity index (χ0) is 10.3. The second-order valence-corrected chi connectivity index (χ2v) is 2.08. The van der Waals surface area contributed by atoms with E-state index in [-0.39, 0.29) is 0 Å². The molecule has 1 heterocycles. The van der Waals surface area contributed by atoms with Crippen LogP contribution in [0, 0.1) is 6.92 Å². The lowest BCUT2D eigenvalue weighted by Gasteiger charge is -2.04. The summed E-state index contributed by atoms with van der Waals surface area (Å²) < 4.78 is 5.07. The number of aromatic nitrogens is 2. The van der Waals surface area contributed by atoms with Crippen molar-refractivity contribution in [3.8, 4) is 5.75 Å². The molecule has 0 aromatic carbocycles. The number of hydrogen-bond donors (Lipinski definition) is 0. The average Bonchev–Trinajstić information content (AvgIpc) is 2.20. The quantitative estimate of drug-likeness (QED) is 0.701. The molecule has 0 saturated carbocycles. The maximum atomic E-state index is 5.07. The minimum Gasteiger partial charge on any atom is -0.493 e. The van der Waals surface area contributed by atoms with E-state index >= 15 is 0 Å². The summed E-state index contributed by atoms with van der Waals surface area (Å²) >= 11 is 0. The molecule has 0 fully saturated rings. The lowest BCUT2D eigenvalue weighted by atomic mass is 10.3. The fourth-order valence-electron chi connectivity index (χ4n) is 0.878. The van der Waals surface area contributed by atoms with Crippen LogP contribution >= 0.6 is 0 Å². The number of ether oxygens (including phenoxy) is 1. The molecule has 1 aromatic rings. The Hall–Kier alpha value is -1.38. The van der Waals surface area contributed by atoms with E-state index in [1.54, 1.807) is 13.2 Å². The Balaban J connectivity index is 0.000000671. The summed E-state index contributed by atoms with van der Waals surface area (Å²) in [6.07, 6.45) is 3.14. The molecule has 0 spiro atoms. The van der Waals surface area contributed by atoms with Crippen molar-refractivity contribution in [3.63, 3.8) is 0 Å². The lowest BCUT2D eigenvalue weighted by Crippen LogP contribution is -1.95. The molecule has 0 aliphatic carbocycles. The molecule has 0 bridgehead atoms. The minimum absolute atomic E-state index is 0.697. The second kappa shape index (κ2) is 6.17. The fraction of sp³-hybridized carbons (Fsp3) is 0.400. The standard InChI is InChI=1S/C8H10N2O.C2H6/c1-4-7-8(11-3)6(2)9-5-10-7;1-2/h4-5H,1H2,2-3H3;1-2H3. The number of aryl methyl sites for hydroxylation is 1. The molecule has 13 heavy (non-hydrogen) atoms. The van der Waals surface area contributed by atoms with Gasteiger partial charge in [-0.15, -0.1) is 0 Å². The SMILES string of the molecule is C=Cc1ncnc(C)c1OC.CC. The molecule has 0 amide bonds. The van der Waals surface area contributed by atoms with E-state index in [0.29, 0.717) is 5.75 Å². The topological polar surface area (TPSA) is 35.0 Å². The van der Waals surface area contributed by atoms with Crippen LogP contribution in [0.5, 0.6) is 5.75 Å². The molecular formula is C10H16N2O. The van der Waals surface area contributed by atoms with Crippen molar-refractivity contribution in [2.75, 3.05) is 7.11 Å². The first kappa shape index (κ1) is 11.6. The molecule has 0 aliphatic rings. The molecule has 72 valence electrons. The fourth-order valence-corrected chi connectivity index (χ4v) is 0.878. The van der Waals surface area contributed by atoms with Crippen molar-refractivity contribution in [1.82, 2.24) is 9.97 Å². The third kappa shape index (κ3) is 2.86. The Morgan fingerprint density at radius 1 is 1.38 bits per heavy atom. The van der Waals surface area contributed by atoms with Gasteiger partial charge in [0.05, 0.1) is 12.8 Å². The molecule has 0 saturated heterocycles. The lowest BCUT2D eigenvalue weighted by molar-refractivity contribution is 0.405. The van der Waals surface area contributed by atoms with Crippen LogP contribution in [0.4, 0.5) is 0 Å². The zero-order valence-electron chi connectivity index (χ0n) is 8.66.